The standard InChI is InChI=1S/C30H41N3O7/c1-19(35)33-23-12-10-20-17-26(38-2)29(39-3)30(40-4)28(20)21-11-13-24(25(36)18-22(21)23)31-14-7-5-6-9-27(37)32-15-8-16-34/h11,13,17-18,23,34H,5-10,12,14-16H2,1-4H3,(H,31,36)(H,32,37)(H,33,35)/t23-/m0/s1. The van der Waals surface area contributed by atoms with E-state index in [1.807, 2.05) is 12.1 Å². The molecule has 0 unspecified atom stereocenters. The van der Waals surface area contributed by atoms with Gasteiger partial charge in [0.25, 0.3) is 0 Å². The summed E-state index contributed by atoms with van der Waals surface area (Å²) in [6.07, 6.45) is 4.59. The summed E-state index contributed by atoms with van der Waals surface area (Å²) in [6.45, 7) is 2.59. The lowest BCUT2D eigenvalue weighted by Gasteiger charge is -2.19. The van der Waals surface area contributed by atoms with Crippen molar-refractivity contribution in [1.82, 2.24) is 10.6 Å². The normalized spacial score (nSPS) is 13.8. The minimum absolute atomic E-state index is 0.0153. The largest absolute Gasteiger partial charge is 0.493 e. The number of anilines is 1. The molecular formula is C30H41N3O7. The Hall–Kier alpha value is -3.79. The average molecular weight is 556 g/mol. The molecule has 0 fully saturated rings. The molecule has 0 heterocycles. The molecule has 40 heavy (non-hydrogen) atoms. The van der Waals surface area contributed by atoms with E-state index in [4.69, 9.17) is 19.3 Å². The fourth-order valence-corrected chi connectivity index (χ4v) is 5.06. The van der Waals surface area contributed by atoms with Crippen LogP contribution < -0.4 is 35.6 Å². The Bertz CT molecular complexity index is 1250. The number of benzene rings is 1. The van der Waals surface area contributed by atoms with Crippen LogP contribution in [0.1, 0.15) is 62.6 Å². The van der Waals surface area contributed by atoms with Gasteiger partial charge in [0, 0.05) is 38.6 Å². The third kappa shape index (κ3) is 7.65. The first-order chi connectivity index (χ1) is 19.3. The predicted molar refractivity (Wildman–Crippen MR) is 154 cm³/mol. The number of aliphatic hydroxyl groups is 1. The van der Waals surface area contributed by atoms with Crippen LogP contribution in [0, 0.1) is 0 Å². The quantitative estimate of drug-likeness (QED) is 0.261. The van der Waals surface area contributed by atoms with E-state index in [0.717, 1.165) is 36.0 Å². The number of hydrogen-bond acceptors (Lipinski definition) is 8. The van der Waals surface area contributed by atoms with Crippen molar-refractivity contribution in [2.75, 3.05) is 46.3 Å². The second kappa shape index (κ2) is 15.1. The van der Waals surface area contributed by atoms with Crippen LogP contribution in [0.15, 0.2) is 29.1 Å². The van der Waals surface area contributed by atoms with Crippen LogP contribution in [0.3, 0.4) is 0 Å². The number of carbonyl (C=O) groups is 2. The summed E-state index contributed by atoms with van der Waals surface area (Å²) < 4.78 is 17.0. The van der Waals surface area contributed by atoms with E-state index < -0.39 is 0 Å². The van der Waals surface area contributed by atoms with Crippen molar-refractivity contribution < 1.29 is 28.9 Å². The first-order valence-electron chi connectivity index (χ1n) is 13.7. The van der Waals surface area contributed by atoms with Crippen LogP contribution in [-0.2, 0) is 16.0 Å². The summed E-state index contributed by atoms with van der Waals surface area (Å²) in [5.74, 6) is 1.33. The lowest BCUT2D eigenvalue weighted by Crippen LogP contribution is -2.26. The Morgan fingerprint density at radius 2 is 1.75 bits per heavy atom. The van der Waals surface area contributed by atoms with Gasteiger partial charge in [-0.2, -0.15) is 0 Å². The molecule has 0 bridgehead atoms. The number of aliphatic hydroxyl groups excluding tert-OH is 1. The minimum Gasteiger partial charge on any atom is -0.493 e. The Balaban J connectivity index is 1.87. The molecule has 2 aromatic carbocycles. The van der Waals surface area contributed by atoms with Gasteiger partial charge in [-0.3, -0.25) is 14.4 Å². The van der Waals surface area contributed by atoms with Crippen LogP contribution in [0.25, 0.3) is 11.1 Å². The van der Waals surface area contributed by atoms with Gasteiger partial charge < -0.3 is 35.3 Å². The number of fused-ring (bicyclic) bond motifs is 3. The maximum atomic E-state index is 13.3. The van der Waals surface area contributed by atoms with Crippen molar-refractivity contribution in [1.29, 1.82) is 0 Å². The van der Waals surface area contributed by atoms with Gasteiger partial charge in [-0.15, -0.1) is 0 Å². The van der Waals surface area contributed by atoms with Crippen LogP contribution in [0.2, 0.25) is 0 Å². The number of ether oxygens (including phenoxy) is 3. The smallest absolute Gasteiger partial charge is 0.219 e. The van der Waals surface area contributed by atoms with Crippen molar-refractivity contribution >= 4 is 17.5 Å². The Kier molecular flexibility index (Phi) is 11.6. The molecular weight excluding hydrogens is 514 g/mol. The van der Waals surface area contributed by atoms with Gasteiger partial charge in [0.05, 0.1) is 33.1 Å². The highest BCUT2D eigenvalue weighted by atomic mass is 16.5. The first kappa shape index (κ1) is 30.7. The number of aryl methyl sites for hydroxylation is 1. The number of amides is 2. The zero-order valence-electron chi connectivity index (χ0n) is 23.9. The average Bonchev–Trinajstić information content (AvgIpc) is 3.18. The SMILES string of the molecule is COc1cc2c(c(OC)c1OC)-c1ccc(NCCCCCC(=O)NCCCO)c(=O)cc1[C@@H](NC(C)=O)CC2. The summed E-state index contributed by atoms with van der Waals surface area (Å²) >= 11 is 0. The van der Waals surface area contributed by atoms with E-state index in [0.29, 0.717) is 67.3 Å². The zero-order chi connectivity index (χ0) is 29.1. The predicted octanol–water partition coefficient (Wildman–Crippen LogP) is 3.33. The van der Waals surface area contributed by atoms with Gasteiger partial charge >= 0.3 is 0 Å². The highest BCUT2D eigenvalue weighted by molar-refractivity contribution is 5.83. The Morgan fingerprint density at radius 1 is 0.975 bits per heavy atom. The fraction of sp³-hybridized carbons (Fsp3) is 0.500. The van der Waals surface area contributed by atoms with Gasteiger partial charge in [0.15, 0.2) is 11.5 Å². The topological polar surface area (TPSA) is 135 Å². The van der Waals surface area contributed by atoms with Crippen molar-refractivity contribution in [3.63, 3.8) is 0 Å². The molecule has 10 nitrogen and oxygen atoms in total. The molecule has 1 atom stereocenters. The van der Waals surface area contributed by atoms with Gasteiger partial charge in [-0.05, 0) is 67.0 Å². The Labute approximate surface area is 235 Å². The fourth-order valence-electron chi connectivity index (χ4n) is 5.06. The number of methoxy groups -OCH3 is 3. The van der Waals surface area contributed by atoms with Crippen molar-refractivity contribution in [3.05, 3.63) is 45.6 Å². The van der Waals surface area contributed by atoms with E-state index in [1.165, 1.54) is 6.92 Å². The van der Waals surface area contributed by atoms with E-state index in [1.54, 1.807) is 33.5 Å². The lowest BCUT2D eigenvalue weighted by molar-refractivity contribution is -0.121. The summed E-state index contributed by atoms with van der Waals surface area (Å²) in [4.78, 5) is 37.2. The van der Waals surface area contributed by atoms with E-state index in [-0.39, 0.29) is 29.9 Å². The third-order valence-corrected chi connectivity index (χ3v) is 6.97. The molecule has 1 aliphatic rings. The minimum atomic E-state index is -0.363. The zero-order valence-corrected chi connectivity index (χ0v) is 23.9. The van der Waals surface area contributed by atoms with Gasteiger partial charge in [0.2, 0.25) is 23.0 Å². The van der Waals surface area contributed by atoms with E-state index in [9.17, 15) is 14.4 Å². The van der Waals surface area contributed by atoms with Crippen molar-refractivity contribution in [3.8, 4) is 28.4 Å². The van der Waals surface area contributed by atoms with Gasteiger partial charge in [-0.25, -0.2) is 0 Å². The van der Waals surface area contributed by atoms with Crippen LogP contribution >= 0.6 is 0 Å². The molecule has 0 spiro atoms. The van der Waals surface area contributed by atoms with Crippen LogP contribution in [0.5, 0.6) is 17.2 Å². The van der Waals surface area contributed by atoms with Crippen molar-refractivity contribution in [2.24, 2.45) is 0 Å². The summed E-state index contributed by atoms with van der Waals surface area (Å²) in [5, 5.41) is 17.8. The molecule has 1 aliphatic carbocycles. The molecule has 0 saturated heterocycles. The third-order valence-electron chi connectivity index (χ3n) is 6.97. The molecule has 2 aromatic rings. The monoisotopic (exact) mass is 555 g/mol. The number of rotatable bonds is 14. The molecule has 0 aliphatic heterocycles. The molecule has 10 heteroatoms. The summed E-state index contributed by atoms with van der Waals surface area (Å²) in [7, 11) is 4.70. The van der Waals surface area contributed by atoms with Crippen molar-refractivity contribution in [2.45, 2.75) is 57.9 Å². The van der Waals surface area contributed by atoms with Crippen LogP contribution in [0.4, 0.5) is 5.69 Å². The number of carbonyl (C=O) groups excluding carboxylic acids is 2. The van der Waals surface area contributed by atoms with E-state index >= 15 is 0 Å². The maximum absolute atomic E-state index is 13.3. The Morgan fingerprint density at radius 3 is 2.42 bits per heavy atom. The number of hydrogen-bond donors (Lipinski definition) is 4. The highest BCUT2D eigenvalue weighted by Gasteiger charge is 2.29. The molecule has 4 N–H and O–H groups in total. The van der Waals surface area contributed by atoms with Gasteiger partial charge in [-0.1, -0.05) is 12.5 Å². The number of nitrogens with one attached hydrogen (secondary N) is 3. The molecule has 0 saturated carbocycles. The molecule has 2 amide bonds. The lowest BCUT2D eigenvalue weighted by atomic mass is 9.95. The second-order valence-electron chi connectivity index (χ2n) is 9.76. The van der Waals surface area contributed by atoms with Gasteiger partial charge in [0.1, 0.15) is 0 Å². The highest BCUT2D eigenvalue weighted by Crippen LogP contribution is 2.50. The molecule has 218 valence electrons. The maximum Gasteiger partial charge on any atom is 0.219 e. The summed E-state index contributed by atoms with van der Waals surface area (Å²) in [6, 6.07) is 6.82. The molecule has 0 radical (unpaired) electrons. The van der Waals surface area contributed by atoms with E-state index in [2.05, 4.69) is 16.0 Å². The second-order valence-corrected chi connectivity index (χ2v) is 9.76. The number of unbranched alkanes of at least 4 members (excludes halogenated alkanes) is 2. The first-order valence-corrected chi connectivity index (χ1v) is 13.7. The molecule has 3 rings (SSSR count). The summed E-state index contributed by atoms with van der Waals surface area (Å²) in [5.41, 5.74) is 3.55. The molecule has 0 aromatic heterocycles. The van der Waals surface area contributed by atoms with Crippen LogP contribution in [-0.4, -0.2) is 57.9 Å².